The molecule has 0 atom stereocenters. The molecule has 0 fully saturated rings. The summed E-state index contributed by atoms with van der Waals surface area (Å²) in [4.78, 5) is 4.40. The van der Waals surface area contributed by atoms with Crippen LogP contribution < -0.4 is 5.73 Å². The predicted octanol–water partition coefficient (Wildman–Crippen LogP) is 1.97. The molecule has 0 unspecified atom stereocenters. The quantitative estimate of drug-likeness (QED) is 0.348. The van der Waals surface area contributed by atoms with E-state index in [1.54, 1.807) is 0 Å². The fraction of sp³-hybridized carbons (Fsp3) is 1.00. The Bertz CT molecular complexity index is 340. The van der Waals surface area contributed by atoms with E-state index in [-0.39, 0.29) is 6.17 Å². The van der Waals surface area contributed by atoms with Gasteiger partial charge in [-0.15, -0.1) is 0 Å². The lowest BCUT2D eigenvalue weighted by Crippen LogP contribution is -2.59. The summed E-state index contributed by atoms with van der Waals surface area (Å²) < 4.78 is 24.6. The number of ether oxygens (including phenoxy) is 1. The van der Waals surface area contributed by atoms with Crippen LogP contribution in [0.1, 0.15) is 46.5 Å². The molecule has 7 nitrogen and oxygen atoms in total. The molecule has 0 aliphatic heterocycles. The Labute approximate surface area is 168 Å². The standard InChI is InChI=1S/C19H45N3O4Si/c1-8-23-17-19(13-11-15-21(4)5,14-12-16-22(6)7)26-27(18-20,24-9-2)25-10-3/h8-18,20H2,1-7H3. The summed E-state index contributed by atoms with van der Waals surface area (Å²) in [7, 11) is 5.44. The maximum Gasteiger partial charge on any atom is 0.515 e. The Kier molecular flexibility index (Phi) is 14.8. The third kappa shape index (κ3) is 11.5. The van der Waals surface area contributed by atoms with Crippen LogP contribution in [0.25, 0.3) is 0 Å². The Balaban J connectivity index is 5.51. The van der Waals surface area contributed by atoms with E-state index in [0.717, 1.165) is 38.8 Å². The van der Waals surface area contributed by atoms with Crippen LogP contribution in [0.3, 0.4) is 0 Å². The first-order chi connectivity index (χ1) is 12.8. The Hall–Kier alpha value is -0.0631. The van der Waals surface area contributed by atoms with E-state index in [2.05, 4.69) is 38.0 Å². The van der Waals surface area contributed by atoms with Crippen LogP contribution in [0.15, 0.2) is 0 Å². The van der Waals surface area contributed by atoms with Crippen LogP contribution in [0.5, 0.6) is 0 Å². The molecule has 0 heterocycles. The third-order valence-electron chi connectivity index (χ3n) is 4.40. The molecular weight excluding hydrogens is 362 g/mol. The molecule has 164 valence electrons. The van der Waals surface area contributed by atoms with Crippen molar-refractivity contribution in [2.45, 2.75) is 52.1 Å². The summed E-state index contributed by atoms with van der Waals surface area (Å²) in [5.41, 5.74) is 5.67. The molecule has 0 bridgehead atoms. The summed E-state index contributed by atoms with van der Waals surface area (Å²) in [5.74, 6) is 0. The minimum absolute atomic E-state index is 0.282. The van der Waals surface area contributed by atoms with Gasteiger partial charge >= 0.3 is 8.80 Å². The van der Waals surface area contributed by atoms with E-state index in [9.17, 15) is 0 Å². The van der Waals surface area contributed by atoms with Gasteiger partial charge in [-0.3, -0.25) is 0 Å². The lowest BCUT2D eigenvalue weighted by atomic mass is 9.92. The van der Waals surface area contributed by atoms with Crippen molar-refractivity contribution < 1.29 is 18.0 Å². The molecule has 8 heteroatoms. The Morgan fingerprint density at radius 2 is 1.30 bits per heavy atom. The van der Waals surface area contributed by atoms with E-state index in [4.69, 9.17) is 23.7 Å². The maximum atomic E-state index is 6.73. The van der Waals surface area contributed by atoms with Crippen molar-refractivity contribution in [2.75, 3.05) is 73.9 Å². The minimum atomic E-state index is -2.94. The minimum Gasteiger partial charge on any atom is -0.379 e. The van der Waals surface area contributed by atoms with Crippen LogP contribution in [0.2, 0.25) is 0 Å². The van der Waals surface area contributed by atoms with Crippen LogP contribution in [-0.4, -0.2) is 98.1 Å². The average molecular weight is 408 g/mol. The number of rotatable bonds is 18. The first-order valence-electron chi connectivity index (χ1n) is 10.3. The second-order valence-corrected chi connectivity index (χ2v) is 10.0. The lowest BCUT2D eigenvalue weighted by molar-refractivity contribution is -0.0868. The zero-order chi connectivity index (χ0) is 20.8. The first kappa shape index (κ1) is 26.9. The SMILES string of the molecule is CCOCC(CCCN(C)C)(CCCN(C)C)O[Si](CN)(OCC)OCC. The summed E-state index contributed by atoms with van der Waals surface area (Å²) in [6.45, 7) is 10.2. The van der Waals surface area contributed by atoms with Gasteiger partial charge in [0.05, 0.1) is 18.4 Å². The highest BCUT2D eigenvalue weighted by Crippen LogP contribution is 2.30. The smallest absolute Gasteiger partial charge is 0.379 e. The molecule has 0 aromatic heterocycles. The van der Waals surface area contributed by atoms with Crippen molar-refractivity contribution in [2.24, 2.45) is 5.73 Å². The van der Waals surface area contributed by atoms with Crippen molar-refractivity contribution >= 4 is 8.80 Å². The Morgan fingerprint density at radius 3 is 1.63 bits per heavy atom. The third-order valence-corrected chi connectivity index (χ3v) is 7.10. The van der Waals surface area contributed by atoms with Crippen molar-refractivity contribution in [1.29, 1.82) is 0 Å². The van der Waals surface area contributed by atoms with Crippen LogP contribution in [0.4, 0.5) is 0 Å². The van der Waals surface area contributed by atoms with Gasteiger partial charge in [-0.05, 0) is 87.7 Å². The lowest BCUT2D eigenvalue weighted by Gasteiger charge is -2.41. The molecule has 0 amide bonds. The first-order valence-corrected chi connectivity index (χ1v) is 12.3. The summed E-state index contributed by atoms with van der Waals surface area (Å²) in [5, 5.41) is 0. The molecule has 0 aliphatic carbocycles. The van der Waals surface area contributed by atoms with Crippen molar-refractivity contribution in [1.82, 2.24) is 9.80 Å². The molecule has 2 N–H and O–H groups in total. The molecule has 0 radical (unpaired) electrons. The highest BCUT2D eigenvalue weighted by molar-refractivity contribution is 6.61. The highest BCUT2D eigenvalue weighted by Gasteiger charge is 2.47. The molecule has 0 saturated carbocycles. The molecule has 0 rings (SSSR count). The fourth-order valence-electron chi connectivity index (χ4n) is 3.15. The van der Waals surface area contributed by atoms with Gasteiger partial charge in [-0.1, -0.05) is 0 Å². The van der Waals surface area contributed by atoms with Crippen LogP contribution in [0, 0.1) is 0 Å². The van der Waals surface area contributed by atoms with Crippen molar-refractivity contribution in [3.63, 3.8) is 0 Å². The van der Waals surface area contributed by atoms with Gasteiger partial charge in [0.2, 0.25) is 0 Å². The van der Waals surface area contributed by atoms with Gasteiger partial charge in [-0.25, -0.2) is 0 Å². The van der Waals surface area contributed by atoms with E-state index >= 15 is 0 Å². The van der Waals surface area contributed by atoms with E-state index in [0.29, 0.717) is 26.4 Å². The van der Waals surface area contributed by atoms with Gasteiger partial charge < -0.3 is 33.5 Å². The van der Waals surface area contributed by atoms with Gasteiger partial charge in [0.1, 0.15) is 0 Å². The fourth-order valence-corrected chi connectivity index (χ4v) is 5.48. The van der Waals surface area contributed by atoms with Gasteiger partial charge in [0.15, 0.2) is 0 Å². The highest BCUT2D eigenvalue weighted by atomic mass is 28.4. The number of hydrogen-bond donors (Lipinski definition) is 1. The number of hydrogen-bond acceptors (Lipinski definition) is 7. The number of nitrogens with two attached hydrogens (primary N) is 1. The van der Waals surface area contributed by atoms with E-state index in [1.807, 2.05) is 20.8 Å². The number of nitrogens with zero attached hydrogens (tertiary/aromatic N) is 2. The molecular formula is C19H45N3O4Si. The molecule has 0 spiro atoms. The van der Waals surface area contributed by atoms with E-state index < -0.39 is 14.4 Å². The molecule has 0 aliphatic rings. The topological polar surface area (TPSA) is 69.4 Å². The van der Waals surface area contributed by atoms with Crippen molar-refractivity contribution in [3.8, 4) is 0 Å². The monoisotopic (exact) mass is 407 g/mol. The summed E-state index contributed by atoms with van der Waals surface area (Å²) in [6, 6.07) is 0. The predicted molar refractivity (Wildman–Crippen MR) is 114 cm³/mol. The second-order valence-electron chi connectivity index (χ2n) is 7.49. The van der Waals surface area contributed by atoms with Crippen LogP contribution >= 0.6 is 0 Å². The van der Waals surface area contributed by atoms with Gasteiger partial charge in [0.25, 0.3) is 0 Å². The zero-order valence-corrected chi connectivity index (χ0v) is 19.9. The average Bonchev–Trinajstić information content (AvgIpc) is 2.59. The molecule has 0 saturated heterocycles. The summed E-state index contributed by atoms with van der Waals surface area (Å²) >= 11 is 0. The van der Waals surface area contributed by atoms with Gasteiger partial charge in [-0.2, -0.15) is 0 Å². The normalized spacial score (nSPS) is 13.1. The van der Waals surface area contributed by atoms with Gasteiger partial charge in [0, 0.05) is 19.8 Å². The molecule has 0 aromatic carbocycles. The summed E-state index contributed by atoms with van der Waals surface area (Å²) in [6.07, 6.45) is 4.12. The second kappa shape index (κ2) is 14.9. The Morgan fingerprint density at radius 1 is 0.815 bits per heavy atom. The molecule has 0 aromatic rings. The van der Waals surface area contributed by atoms with E-state index in [1.165, 1.54) is 0 Å². The zero-order valence-electron chi connectivity index (χ0n) is 18.9. The maximum absolute atomic E-state index is 6.73. The largest absolute Gasteiger partial charge is 0.515 e. The van der Waals surface area contributed by atoms with Crippen molar-refractivity contribution in [3.05, 3.63) is 0 Å². The molecule has 27 heavy (non-hydrogen) atoms. The van der Waals surface area contributed by atoms with Crippen LogP contribution in [-0.2, 0) is 18.0 Å².